The molecule has 168 valence electrons. The molecule has 2 aromatic carbocycles. The van der Waals surface area contributed by atoms with Gasteiger partial charge in [0.25, 0.3) is 0 Å². The van der Waals surface area contributed by atoms with Crippen molar-refractivity contribution in [2.45, 2.75) is 70.6 Å². The summed E-state index contributed by atoms with van der Waals surface area (Å²) in [5.41, 5.74) is 4.71. The highest BCUT2D eigenvalue weighted by Crippen LogP contribution is 2.28. The van der Waals surface area contributed by atoms with Gasteiger partial charge in [-0.3, -0.25) is 9.36 Å². The maximum Gasteiger partial charge on any atom is 0.233 e. The summed E-state index contributed by atoms with van der Waals surface area (Å²) in [7, 11) is 0. The quantitative estimate of drug-likeness (QED) is 0.477. The van der Waals surface area contributed by atoms with Crippen molar-refractivity contribution in [2.24, 2.45) is 0 Å². The Kier molecular flexibility index (Phi) is 6.99. The Morgan fingerprint density at radius 3 is 2.41 bits per heavy atom. The lowest BCUT2D eigenvalue weighted by Crippen LogP contribution is -2.48. The van der Waals surface area contributed by atoms with Gasteiger partial charge in [0.05, 0.1) is 5.75 Å². The number of hydrogen-bond donors (Lipinski definition) is 0. The van der Waals surface area contributed by atoms with E-state index >= 15 is 0 Å². The van der Waals surface area contributed by atoms with Gasteiger partial charge in [-0.25, -0.2) is 0 Å². The third-order valence-corrected chi connectivity index (χ3v) is 7.37. The van der Waals surface area contributed by atoms with E-state index in [0.29, 0.717) is 24.3 Å². The van der Waals surface area contributed by atoms with Gasteiger partial charge in [-0.15, -0.1) is 10.2 Å². The third-order valence-electron chi connectivity index (χ3n) is 6.46. The molecule has 0 radical (unpaired) electrons. The summed E-state index contributed by atoms with van der Waals surface area (Å²) in [5.74, 6) is 1.45. The van der Waals surface area contributed by atoms with Crippen LogP contribution in [0.1, 0.15) is 55.6 Å². The van der Waals surface area contributed by atoms with Crippen LogP contribution in [-0.2, 0) is 11.2 Å². The standard InChI is InChI=1S/C26H32N4OS/c1-18-13-14-23(15-19(18)2)30-24(16-22-11-6-5-7-12-22)27-28-26(30)32-17-25(31)29-20(3)9-8-10-21(29)4/h5-7,11-15,20-21H,8-10,16-17H2,1-4H3/t20-,21-/m1/s1. The number of hydrogen-bond acceptors (Lipinski definition) is 4. The van der Waals surface area contributed by atoms with Gasteiger partial charge in [-0.1, -0.05) is 48.2 Å². The maximum absolute atomic E-state index is 13.1. The summed E-state index contributed by atoms with van der Waals surface area (Å²) in [4.78, 5) is 15.2. The van der Waals surface area contributed by atoms with E-state index in [9.17, 15) is 4.79 Å². The number of thioether (sulfide) groups is 1. The van der Waals surface area contributed by atoms with E-state index in [2.05, 4.69) is 77.7 Å². The fourth-order valence-corrected chi connectivity index (χ4v) is 5.36. The third kappa shape index (κ3) is 4.90. The molecule has 0 aliphatic carbocycles. The number of carbonyl (C=O) groups is 1. The fourth-order valence-electron chi connectivity index (χ4n) is 4.52. The Hall–Kier alpha value is -2.60. The minimum absolute atomic E-state index is 0.189. The van der Waals surface area contributed by atoms with Gasteiger partial charge in [0.1, 0.15) is 5.82 Å². The number of piperidine rings is 1. The Balaban J connectivity index is 1.61. The van der Waals surface area contributed by atoms with Crippen molar-refractivity contribution in [2.75, 3.05) is 5.75 Å². The van der Waals surface area contributed by atoms with Gasteiger partial charge in [-0.2, -0.15) is 0 Å². The molecular weight excluding hydrogens is 416 g/mol. The van der Waals surface area contributed by atoms with Crippen molar-refractivity contribution in [3.05, 3.63) is 71.0 Å². The highest BCUT2D eigenvalue weighted by molar-refractivity contribution is 7.99. The predicted molar refractivity (Wildman–Crippen MR) is 130 cm³/mol. The lowest BCUT2D eigenvalue weighted by Gasteiger charge is -2.39. The Bertz CT molecular complexity index is 1070. The summed E-state index contributed by atoms with van der Waals surface area (Å²) < 4.78 is 2.11. The van der Waals surface area contributed by atoms with E-state index in [1.165, 1.54) is 34.9 Å². The molecule has 0 N–H and O–H groups in total. The molecule has 0 bridgehead atoms. The Morgan fingerprint density at radius 1 is 1.00 bits per heavy atom. The summed E-state index contributed by atoms with van der Waals surface area (Å²) in [6, 6.07) is 17.3. The van der Waals surface area contributed by atoms with Crippen molar-refractivity contribution >= 4 is 17.7 Å². The number of amides is 1. The van der Waals surface area contributed by atoms with E-state index in [4.69, 9.17) is 0 Å². The first kappa shape index (κ1) is 22.6. The van der Waals surface area contributed by atoms with E-state index < -0.39 is 0 Å². The second kappa shape index (κ2) is 9.90. The first-order chi connectivity index (χ1) is 15.4. The van der Waals surface area contributed by atoms with Crippen molar-refractivity contribution in [1.82, 2.24) is 19.7 Å². The summed E-state index contributed by atoms with van der Waals surface area (Å²) >= 11 is 1.49. The van der Waals surface area contributed by atoms with Crippen LogP contribution in [0.4, 0.5) is 0 Å². The Labute approximate surface area is 195 Å². The number of aromatic nitrogens is 3. The molecule has 1 aliphatic heterocycles. The number of aryl methyl sites for hydroxylation is 2. The monoisotopic (exact) mass is 448 g/mol. The van der Waals surface area contributed by atoms with Crippen LogP contribution in [0.2, 0.25) is 0 Å². The predicted octanol–water partition coefficient (Wildman–Crippen LogP) is 5.36. The molecule has 1 saturated heterocycles. The molecule has 1 aromatic heterocycles. The average Bonchev–Trinajstić information content (AvgIpc) is 3.17. The summed E-state index contributed by atoms with van der Waals surface area (Å²) in [5, 5.41) is 9.80. The van der Waals surface area contributed by atoms with Crippen LogP contribution in [0.5, 0.6) is 0 Å². The van der Waals surface area contributed by atoms with Gasteiger partial charge in [-0.05, 0) is 75.8 Å². The van der Waals surface area contributed by atoms with Crippen molar-refractivity contribution < 1.29 is 4.79 Å². The van der Waals surface area contributed by atoms with Crippen LogP contribution in [0, 0.1) is 13.8 Å². The molecule has 1 aliphatic rings. The van der Waals surface area contributed by atoms with Gasteiger partial charge < -0.3 is 4.90 Å². The first-order valence-corrected chi connectivity index (χ1v) is 12.4. The second-order valence-electron chi connectivity index (χ2n) is 8.88. The SMILES string of the molecule is Cc1ccc(-n2c(Cc3ccccc3)nnc2SCC(=O)N2[C@H](C)CCC[C@H]2C)cc1C. The number of likely N-dealkylation sites (tertiary alicyclic amines) is 1. The van der Waals surface area contributed by atoms with E-state index in [0.717, 1.165) is 29.5 Å². The highest BCUT2D eigenvalue weighted by atomic mass is 32.2. The maximum atomic E-state index is 13.1. The lowest BCUT2D eigenvalue weighted by atomic mass is 9.98. The van der Waals surface area contributed by atoms with Crippen LogP contribution >= 0.6 is 11.8 Å². The summed E-state index contributed by atoms with van der Waals surface area (Å²) in [6.07, 6.45) is 4.06. The topological polar surface area (TPSA) is 51.0 Å². The summed E-state index contributed by atoms with van der Waals surface area (Å²) in [6.45, 7) is 8.56. The van der Waals surface area contributed by atoms with E-state index in [1.54, 1.807) is 0 Å². The van der Waals surface area contributed by atoms with Gasteiger partial charge in [0, 0.05) is 24.2 Å². The fraction of sp³-hybridized carbons (Fsp3) is 0.423. The Morgan fingerprint density at radius 2 is 1.72 bits per heavy atom. The largest absolute Gasteiger partial charge is 0.337 e. The number of nitrogens with zero attached hydrogens (tertiary/aromatic N) is 4. The van der Waals surface area contributed by atoms with E-state index in [1.807, 2.05) is 18.2 Å². The van der Waals surface area contributed by atoms with Gasteiger partial charge in [0.2, 0.25) is 5.91 Å². The van der Waals surface area contributed by atoms with Crippen molar-refractivity contribution in [3.8, 4) is 5.69 Å². The highest BCUT2D eigenvalue weighted by Gasteiger charge is 2.29. The number of rotatable bonds is 6. The number of benzene rings is 2. The first-order valence-electron chi connectivity index (χ1n) is 11.4. The molecule has 6 heteroatoms. The van der Waals surface area contributed by atoms with Crippen molar-refractivity contribution in [1.29, 1.82) is 0 Å². The molecule has 0 unspecified atom stereocenters. The molecule has 4 rings (SSSR count). The van der Waals surface area contributed by atoms with Crippen LogP contribution < -0.4 is 0 Å². The van der Waals surface area contributed by atoms with Crippen LogP contribution in [0.15, 0.2) is 53.7 Å². The molecule has 1 amide bonds. The smallest absolute Gasteiger partial charge is 0.233 e. The second-order valence-corrected chi connectivity index (χ2v) is 9.83. The molecule has 1 fully saturated rings. The van der Waals surface area contributed by atoms with Crippen LogP contribution in [-0.4, -0.2) is 43.4 Å². The average molecular weight is 449 g/mol. The molecule has 32 heavy (non-hydrogen) atoms. The lowest BCUT2D eigenvalue weighted by molar-refractivity contribution is -0.134. The molecule has 3 aromatic rings. The molecule has 5 nitrogen and oxygen atoms in total. The van der Waals surface area contributed by atoms with E-state index in [-0.39, 0.29) is 5.91 Å². The van der Waals surface area contributed by atoms with Crippen LogP contribution in [0.25, 0.3) is 5.69 Å². The van der Waals surface area contributed by atoms with Gasteiger partial charge >= 0.3 is 0 Å². The minimum Gasteiger partial charge on any atom is -0.337 e. The molecule has 0 saturated carbocycles. The van der Waals surface area contributed by atoms with Gasteiger partial charge in [0.15, 0.2) is 5.16 Å². The van der Waals surface area contributed by atoms with Crippen LogP contribution in [0.3, 0.4) is 0 Å². The number of carbonyl (C=O) groups excluding carboxylic acids is 1. The van der Waals surface area contributed by atoms with Crippen molar-refractivity contribution in [3.63, 3.8) is 0 Å². The zero-order chi connectivity index (χ0) is 22.7. The molecule has 2 atom stereocenters. The minimum atomic E-state index is 0.189. The zero-order valence-electron chi connectivity index (χ0n) is 19.4. The molecule has 2 heterocycles. The molecule has 0 spiro atoms. The molecular formula is C26H32N4OS. The normalized spacial score (nSPS) is 18.7. The zero-order valence-corrected chi connectivity index (χ0v) is 20.2.